The van der Waals surface area contributed by atoms with Crippen LogP contribution in [0.1, 0.15) is 24.5 Å². The highest BCUT2D eigenvalue weighted by Gasteiger charge is 2.66. The number of fused-ring (bicyclic) bond motifs is 1. The molecule has 1 N–H and O–H groups in total. The minimum atomic E-state index is -3.30. The molecule has 2 aromatic carbocycles. The third-order valence-corrected chi connectivity index (χ3v) is 7.43. The summed E-state index contributed by atoms with van der Waals surface area (Å²) in [6.07, 6.45) is 2.27. The van der Waals surface area contributed by atoms with Crippen molar-refractivity contribution in [1.82, 2.24) is 4.90 Å². The van der Waals surface area contributed by atoms with Crippen molar-refractivity contribution in [2.45, 2.75) is 25.2 Å². The third kappa shape index (κ3) is 4.01. The number of halogens is 1. The fourth-order valence-electron chi connectivity index (χ4n) is 4.75. The summed E-state index contributed by atoms with van der Waals surface area (Å²) in [4.78, 5) is 14.6. The number of carbonyl (C=O) groups is 1. The molecule has 0 radical (unpaired) electrons. The fraction of sp³-hybridized carbons (Fsp3) is 0.409. The second-order valence-electron chi connectivity index (χ2n) is 8.34. The average molecular weight is 433 g/mol. The molecule has 5 nitrogen and oxygen atoms in total. The number of nitrogens with one attached hydrogen (secondary N) is 1. The Hall–Kier alpha value is -2.05. The Kier molecular flexibility index (Phi) is 5.11. The van der Waals surface area contributed by atoms with Crippen molar-refractivity contribution in [3.05, 3.63) is 64.7 Å². The summed E-state index contributed by atoms with van der Waals surface area (Å²) in [5.41, 5.74) is 2.72. The predicted octanol–water partition coefficient (Wildman–Crippen LogP) is 3.69. The van der Waals surface area contributed by atoms with Gasteiger partial charge in [0.15, 0.2) is 0 Å². The van der Waals surface area contributed by atoms with Gasteiger partial charge in [-0.1, -0.05) is 48.9 Å². The summed E-state index contributed by atoms with van der Waals surface area (Å²) in [7, 11) is -3.30. The van der Waals surface area contributed by atoms with Crippen LogP contribution in [-0.2, 0) is 26.7 Å². The zero-order valence-electron chi connectivity index (χ0n) is 16.6. The molecule has 2 atom stereocenters. The van der Waals surface area contributed by atoms with E-state index in [4.69, 9.17) is 11.6 Å². The predicted molar refractivity (Wildman–Crippen MR) is 116 cm³/mol. The summed E-state index contributed by atoms with van der Waals surface area (Å²) in [5.74, 6) is 1.01. The molecule has 2 fully saturated rings. The van der Waals surface area contributed by atoms with E-state index >= 15 is 0 Å². The normalized spacial score (nSPS) is 25.6. The standard InChI is InChI=1S/C22H25ClN2O3S/c1-22(16-7-5-8-17(12-16)24-29(2,27)28)18-13-25(14-19(18)22)21(26)11-10-15-6-3-4-9-20(15)23/h3-9,12,18-19,24H,10-11,13-14H2,1-2H3. The summed E-state index contributed by atoms with van der Waals surface area (Å²) in [6, 6.07) is 15.3. The monoisotopic (exact) mass is 432 g/mol. The van der Waals surface area contributed by atoms with E-state index in [9.17, 15) is 13.2 Å². The number of sulfonamides is 1. The second-order valence-corrected chi connectivity index (χ2v) is 10.5. The maximum atomic E-state index is 12.7. The zero-order chi connectivity index (χ0) is 20.8. The number of carbonyl (C=O) groups excluding carboxylic acids is 1. The lowest BCUT2D eigenvalue weighted by molar-refractivity contribution is -0.130. The molecule has 1 saturated heterocycles. The Morgan fingerprint density at radius 1 is 1.17 bits per heavy atom. The van der Waals surface area contributed by atoms with Gasteiger partial charge in [-0.2, -0.15) is 0 Å². The van der Waals surface area contributed by atoms with E-state index < -0.39 is 10.0 Å². The first-order chi connectivity index (χ1) is 13.7. The average Bonchev–Trinajstić information content (AvgIpc) is 3.02. The fourth-order valence-corrected chi connectivity index (χ4v) is 5.53. The van der Waals surface area contributed by atoms with Crippen LogP contribution in [0.4, 0.5) is 5.69 Å². The lowest BCUT2D eigenvalue weighted by atomic mass is 9.92. The van der Waals surface area contributed by atoms with E-state index in [1.54, 1.807) is 6.07 Å². The van der Waals surface area contributed by atoms with Gasteiger partial charge in [0, 0.05) is 35.6 Å². The quantitative estimate of drug-likeness (QED) is 0.756. The topological polar surface area (TPSA) is 66.5 Å². The molecule has 0 spiro atoms. The minimum absolute atomic E-state index is 0.00525. The molecule has 1 heterocycles. The van der Waals surface area contributed by atoms with Gasteiger partial charge in [0.2, 0.25) is 15.9 Å². The summed E-state index contributed by atoms with van der Waals surface area (Å²) in [5, 5.41) is 0.708. The van der Waals surface area contributed by atoms with Crippen molar-refractivity contribution in [2.24, 2.45) is 11.8 Å². The van der Waals surface area contributed by atoms with Gasteiger partial charge in [-0.15, -0.1) is 0 Å². The number of benzene rings is 2. The van der Waals surface area contributed by atoms with E-state index in [0.717, 1.165) is 30.5 Å². The van der Waals surface area contributed by atoms with E-state index in [0.29, 0.717) is 35.4 Å². The van der Waals surface area contributed by atoms with Gasteiger partial charge >= 0.3 is 0 Å². The van der Waals surface area contributed by atoms with Crippen molar-refractivity contribution in [3.63, 3.8) is 0 Å². The van der Waals surface area contributed by atoms with Crippen LogP contribution in [0.3, 0.4) is 0 Å². The lowest BCUT2D eigenvalue weighted by Gasteiger charge is -2.25. The number of hydrogen-bond acceptors (Lipinski definition) is 3. The van der Waals surface area contributed by atoms with Gasteiger partial charge in [0.05, 0.1) is 6.26 Å². The summed E-state index contributed by atoms with van der Waals surface area (Å²) < 4.78 is 25.6. The molecule has 1 aliphatic carbocycles. The minimum Gasteiger partial charge on any atom is -0.342 e. The summed E-state index contributed by atoms with van der Waals surface area (Å²) >= 11 is 6.19. The molecule has 2 aromatic rings. The number of rotatable bonds is 6. The lowest BCUT2D eigenvalue weighted by Crippen LogP contribution is -2.34. The molecule has 1 saturated carbocycles. The highest BCUT2D eigenvalue weighted by molar-refractivity contribution is 7.92. The third-order valence-electron chi connectivity index (χ3n) is 6.46. The molecule has 29 heavy (non-hydrogen) atoms. The molecule has 1 aliphatic heterocycles. The number of nitrogens with zero attached hydrogens (tertiary/aromatic N) is 1. The van der Waals surface area contributed by atoms with Crippen LogP contribution in [-0.4, -0.2) is 38.6 Å². The number of amides is 1. The molecule has 0 aromatic heterocycles. The van der Waals surface area contributed by atoms with Crippen LogP contribution >= 0.6 is 11.6 Å². The van der Waals surface area contributed by atoms with Crippen molar-refractivity contribution in [1.29, 1.82) is 0 Å². The van der Waals surface area contributed by atoms with Crippen LogP contribution in [0.5, 0.6) is 0 Å². The number of anilines is 1. The highest BCUT2D eigenvalue weighted by atomic mass is 35.5. The van der Waals surface area contributed by atoms with E-state index in [-0.39, 0.29) is 11.3 Å². The van der Waals surface area contributed by atoms with E-state index in [1.807, 2.05) is 41.3 Å². The Bertz CT molecular complexity index is 1040. The van der Waals surface area contributed by atoms with Crippen LogP contribution in [0.2, 0.25) is 5.02 Å². The zero-order valence-corrected chi connectivity index (χ0v) is 18.1. The Labute approximate surface area is 177 Å². The van der Waals surface area contributed by atoms with Crippen molar-refractivity contribution in [2.75, 3.05) is 24.1 Å². The van der Waals surface area contributed by atoms with Crippen LogP contribution < -0.4 is 4.72 Å². The van der Waals surface area contributed by atoms with Gasteiger partial charge in [-0.25, -0.2) is 8.42 Å². The molecular weight excluding hydrogens is 408 g/mol. The van der Waals surface area contributed by atoms with Crippen molar-refractivity contribution < 1.29 is 13.2 Å². The molecule has 4 rings (SSSR count). The Morgan fingerprint density at radius 2 is 1.86 bits per heavy atom. The van der Waals surface area contributed by atoms with Crippen LogP contribution in [0.15, 0.2) is 48.5 Å². The van der Waals surface area contributed by atoms with Gasteiger partial charge in [-0.05, 0) is 47.6 Å². The van der Waals surface area contributed by atoms with Gasteiger partial charge in [0.25, 0.3) is 0 Å². The van der Waals surface area contributed by atoms with Gasteiger partial charge < -0.3 is 4.90 Å². The first-order valence-corrected chi connectivity index (χ1v) is 12.0. The summed E-state index contributed by atoms with van der Waals surface area (Å²) in [6.45, 7) is 3.73. The first kappa shape index (κ1) is 20.2. The largest absolute Gasteiger partial charge is 0.342 e. The van der Waals surface area contributed by atoms with Crippen molar-refractivity contribution in [3.8, 4) is 0 Å². The Balaban J connectivity index is 1.37. The van der Waals surface area contributed by atoms with Crippen LogP contribution in [0.25, 0.3) is 0 Å². The maximum absolute atomic E-state index is 12.7. The number of hydrogen-bond donors (Lipinski definition) is 1. The molecular formula is C22H25ClN2O3S. The highest BCUT2D eigenvalue weighted by Crippen LogP contribution is 2.63. The maximum Gasteiger partial charge on any atom is 0.229 e. The van der Waals surface area contributed by atoms with E-state index in [1.165, 1.54) is 0 Å². The van der Waals surface area contributed by atoms with Gasteiger partial charge in [-0.3, -0.25) is 9.52 Å². The molecule has 2 unspecified atom stereocenters. The number of piperidine rings is 1. The molecule has 7 heteroatoms. The van der Waals surface area contributed by atoms with Crippen molar-refractivity contribution >= 4 is 33.2 Å². The molecule has 2 aliphatic rings. The number of aryl methyl sites for hydroxylation is 1. The smallest absolute Gasteiger partial charge is 0.229 e. The molecule has 1 amide bonds. The van der Waals surface area contributed by atoms with Crippen LogP contribution in [0, 0.1) is 11.8 Å². The van der Waals surface area contributed by atoms with E-state index in [2.05, 4.69) is 17.7 Å². The first-order valence-electron chi connectivity index (χ1n) is 9.78. The molecule has 0 bridgehead atoms. The Morgan fingerprint density at radius 3 is 2.52 bits per heavy atom. The number of likely N-dealkylation sites (tertiary alicyclic amines) is 1. The SMILES string of the molecule is CC1(c2cccc(NS(C)(=O)=O)c2)C2CN(C(=O)CCc3ccccc3Cl)CC21. The second kappa shape index (κ2) is 7.33. The van der Waals surface area contributed by atoms with Gasteiger partial charge in [0.1, 0.15) is 0 Å². The molecule has 154 valence electrons.